The van der Waals surface area contributed by atoms with Gasteiger partial charge < -0.3 is 0 Å². The molecule has 0 radical (unpaired) electrons. The lowest BCUT2D eigenvalue weighted by Crippen LogP contribution is -2.28. The SMILES string of the molecule is O=C(C(=Cc1ccccc1)CNS(=O)(=O)c1ccc([N+](=O)[O-])cc1)c1ccccc1. The summed E-state index contributed by atoms with van der Waals surface area (Å²) in [5.74, 6) is -0.300. The molecule has 30 heavy (non-hydrogen) atoms. The van der Waals surface area contributed by atoms with E-state index in [1.807, 2.05) is 30.3 Å². The topological polar surface area (TPSA) is 106 Å². The molecule has 0 aliphatic rings. The number of hydrogen-bond donors (Lipinski definition) is 1. The molecule has 0 aliphatic heterocycles. The number of sulfonamides is 1. The average molecular weight is 422 g/mol. The van der Waals surface area contributed by atoms with Crippen LogP contribution in [0.1, 0.15) is 15.9 Å². The highest BCUT2D eigenvalue weighted by molar-refractivity contribution is 7.89. The third-order valence-corrected chi connectivity index (χ3v) is 5.70. The van der Waals surface area contributed by atoms with Crippen LogP contribution < -0.4 is 4.72 Å². The first-order valence-electron chi connectivity index (χ1n) is 8.96. The fraction of sp³-hybridized carbons (Fsp3) is 0.0455. The first-order chi connectivity index (χ1) is 14.4. The van der Waals surface area contributed by atoms with Crippen LogP contribution in [0, 0.1) is 10.1 Å². The van der Waals surface area contributed by atoms with Crippen LogP contribution in [0.25, 0.3) is 6.08 Å². The summed E-state index contributed by atoms with van der Waals surface area (Å²) in [7, 11) is -3.97. The second-order valence-electron chi connectivity index (χ2n) is 6.35. The third kappa shape index (κ3) is 5.25. The fourth-order valence-electron chi connectivity index (χ4n) is 2.73. The van der Waals surface area contributed by atoms with E-state index in [-0.39, 0.29) is 28.5 Å². The van der Waals surface area contributed by atoms with E-state index in [1.165, 1.54) is 0 Å². The molecule has 3 rings (SSSR count). The van der Waals surface area contributed by atoms with Gasteiger partial charge in [-0.05, 0) is 23.8 Å². The van der Waals surface area contributed by atoms with Crippen molar-refractivity contribution in [2.24, 2.45) is 0 Å². The van der Waals surface area contributed by atoms with Gasteiger partial charge in [-0.15, -0.1) is 0 Å². The van der Waals surface area contributed by atoms with Crippen LogP contribution in [-0.2, 0) is 10.0 Å². The Morgan fingerprint density at radius 3 is 2.03 bits per heavy atom. The van der Waals surface area contributed by atoms with Crippen LogP contribution in [-0.4, -0.2) is 25.7 Å². The van der Waals surface area contributed by atoms with Crippen LogP contribution >= 0.6 is 0 Å². The van der Waals surface area contributed by atoms with Crippen molar-refractivity contribution in [2.75, 3.05) is 6.54 Å². The van der Waals surface area contributed by atoms with E-state index in [0.29, 0.717) is 5.56 Å². The number of nitrogens with one attached hydrogen (secondary N) is 1. The highest BCUT2D eigenvalue weighted by Gasteiger charge is 2.19. The lowest BCUT2D eigenvalue weighted by molar-refractivity contribution is -0.384. The quantitative estimate of drug-likeness (QED) is 0.257. The Kier molecular flexibility index (Phi) is 6.51. The van der Waals surface area contributed by atoms with E-state index in [0.717, 1.165) is 29.8 Å². The number of carbonyl (C=O) groups is 1. The zero-order chi connectivity index (χ0) is 21.6. The molecule has 0 atom stereocenters. The minimum atomic E-state index is -3.97. The summed E-state index contributed by atoms with van der Waals surface area (Å²) in [4.78, 5) is 23.0. The Balaban J connectivity index is 1.87. The molecule has 0 aliphatic carbocycles. The summed E-state index contributed by atoms with van der Waals surface area (Å²) >= 11 is 0. The largest absolute Gasteiger partial charge is 0.289 e. The number of nitrogens with zero attached hydrogens (tertiary/aromatic N) is 1. The Bertz CT molecular complexity index is 1170. The molecule has 0 bridgehead atoms. The molecule has 152 valence electrons. The van der Waals surface area contributed by atoms with Crippen LogP contribution in [0.5, 0.6) is 0 Å². The van der Waals surface area contributed by atoms with Gasteiger partial charge in [0.2, 0.25) is 10.0 Å². The number of nitro benzene ring substituents is 1. The Labute approximate surface area is 173 Å². The van der Waals surface area contributed by atoms with E-state index in [1.54, 1.807) is 36.4 Å². The van der Waals surface area contributed by atoms with Crippen molar-refractivity contribution in [3.05, 3.63) is 112 Å². The minimum absolute atomic E-state index is 0.126. The standard InChI is InChI=1S/C22H18N2O5S/c25-22(18-9-5-2-6-10-18)19(15-17-7-3-1-4-8-17)16-23-30(28,29)21-13-11-20(12-14-21)24(26)27/h1-15,23H,16H2. The molecular weight excluding hydrogens is 404 g/mol. The highest BCUT2D eigenvalue weighted by Crippen LogP contribution is 2.17. The number of benzene rings is 3. The van der Waals surface area contributed by atoms with Crippen LogP contribution in [0.3, 0.4) is 0 Å². The van der Waals surface area contributed by atoms with Crippen molar-refractivity contribution in [1.82, 2.24) is 4.72 Å². The molecule has 0 fully saturated rings. The lowest BCUT2D eigenvalue weighted by atomic mass is 10.0. The van der Waals surface area contributed by atoms with Gasteiger partial charge in [0, 0.05) is 29.8 Å². The monoisotopic (exact) mass is 422 g/mol. The summed E-state index contributed by atoms with van der Waals surface area (Å²) in [5.41, 5.74) is 1.25. The van der Waals surface area contributed by atoms with Crippen molar-refractivity contribution < 1.29 is 18.1 Å². The molecule has 3 aromatic rings. The molecule has 0 aromatic heterocycles. The van der Waals surface area contributed by atoms with Crippen molar-refractivity contribution in [3.63, 3.8) is 0 Å². The molecule has 3 aromatic carbocycles. The van der Waals surface area contributed by atoms with E-state index in [2.05, 4.69) is 4.72 Å². The number of ketones is 1. The second kappa shape index (κ2) is 9.25. The van der Waals surface area contributed by atoms with E-state index in [4.69, 9.17) is 0 Å². The van der Waals surface area contributed by atoms with E-state index < -0.39 is 14.9 Å². The second-order valence-corrected chi connectivity index (χ2v) is 8.12. The lowest BCUT2D eigenvalue weighted by Gasteiger charge is -2.10. The molecule has 8 heteroatoms. The maximum Gasteiger partial charge on any atom is 0.269 e. The van der Waals surface area contributed by atoms with Gasteiger partial charge in [0.15, 0.2) is 5.78 Å². The molecule has 1 N–H and O–H groups in total. The number of carbonyl (C=O) groups excluding carboxylic acids is 1. The molecule has 0 saturated carbocycles. The third-order valence-electron chi connectivity index (χ3n) is 4.28. The maximum absolute atomic E-state index is 12.9. The summed E-state index contributed by atoms with van der Waals surface area (Å²) in [5, 5.41) is 10.8. The number of nitro groups is 1. The maximum atomic E-state index is 12.9. The normalized spacial score (nSPS) is 11.8. The first kappa shape index (κ1) is 21.1. The van der Waals surface area contributed by atoms with Crippen molar-refractivity contribution in [3.8, 4) is 0 Å². The fourth-order valence-corrected chi connectivity index (χ4v) is 3.73. The average Bonchev–Trinajstić information content (AvgIpc) is 2.77. The number of non-ortho nitro benzene ring substituents is 1. The van der Waals surface area contributed by atoms with Gasteiger partial charge in [-0.3, -0.25) is 14.9 Å². The molecular formula is C22H18N2O5S. The smallest absolute Gasteiger partial charge is 0.269 e. The van der Waals surface area contributed by atoms with Gasteiger partial charge in [-0.2, -0.15) is 0 Å². The summed E-state index contributed by atoms with van der Waals surface area (Å²) < 4.78 is 27.6. The zero-order valence-electron chi connectivity index (χ0n) is 15.8. The first-order valence-corrected chi connectivity index (χ1v) is 10.4. The van der Waals surface area contributed by atoms with Crippen molar-refractivity contribution >= 4 is 27.6 Å². The van der Waals surface area contributed by atoms with Crippen LogP contribution in [0.2, 0.25) is 0 Å². The van der Waals surface area contributed by atoms with Gasteiger partial charge in [0.25, 0.3) is 5.69 Å². The predicted molar refractivity (Wildman–Crippen MR) is 113 cm³/mol. The minimum Gasteiger partial charge on any atom is -0.289 e. The van der Waals surface area contributed by atoms with E-state index in [9.17, 15) is 23.3 Å². The summed E-state index contributed by atoms with van der Waals surface area (Å²) in [6.45, 7) is -0.234. The van der Waals surface area contributed by atoms with Gasteiger partial charge in [0.1, 0.15) is 0 Å². The molecule has 0 amide bonds. The molecule has 0 heterocycles. The van der Waals surface area contributed by atoms with Gasteiger partial charge >= 0.3 is 0 Å². The molecule has 0 unspecified atom stereocenters. The van der Waals surface area contributed by atoms with Crippen molar-refractivity contribution in [1.29, 1.82) is 0 Å². The highest BCUT2D eigenvalue weighted by atomic mass is 32.2. The predicted octanol–water partition coefficient (Wildman–Crippen LogP) is 3.84. The number of hydrogen-bond acceptors (Lipinski definition) is 5. The summed E-state index contributed by atoms with van der Waals surface area (Å²) in [6, 6.07) is 22.2. The zero-order valence-corrected chi connectivity index (χ0v) is 16.6. The van der Waals surface area contributed by atoms with Crippen LogP contribution in [0.15, 0.2) is 95.4 Å². The van der Waals surface area contributed by atoms with Crippen LogP contribution in [0.4, 0.5) is 5.69 Å². The Morgan fingerprint density at radius 1 is 0.900 bits per heavy atom. The van der Waals surface area contributed by atoms with Gasteiger partial charge in [-0.25, -0.2) is 13.1 Å². The number of Topliss-reactive ketones (excluding diaryl/α,β-unsaturated/α-hetero) is 1. The van der Waals surface area contributed by atoms with Crippen molar-refractivity contribution in [2.45, 2.75) is 4.90 Å². The Hall–Kier alpha value is -3.62. The van der Waals surface area contributed by atoms with E-state index >= 15 is 0 Å². The van der Waals surface area contributed by atoms with Gasteiger partial charge in [0.05, 0.1) is 9.82 Å². The summed E-state index contributed by atoms with van der Waals surface area (Å²) in [6.07, 6.45) is 1.63. The number of rotatable bonds is 8. The Morgan fingerprint density at radius 2 is 1.47 bits per heavy atom. The molecule has 0 saturated heterocycles. The van der Waals surface area contributed by atoms with Gasteiger partial charge in [-0.1, -0.05) is 60.7 Å². The molecule has 7 nitrogen and oxygen atoms in total. The molecule has 0 spiro atoms.